The molecular formula is C17H18FN3O3S. The van der Waals surface area contributed by atoms with E-state index in [1.54, 1.807) is 30.3 Å². The van der Waals surface area contributed by atoms with Gasteiger partial charge in [-0.3, -0.25) is 14.9 Å². The average molecular weight is 363 g/mol. The summed E-state index contributed by atoms with van der Waals surface area (Å²) in [4.78, 5) is 23.1. The van der Waals surface area contributed by atoms with Crippen LogP contribution >= 0.6 is 11.8 Å². The molecule has 8 heteroatoms. The third kappa shape index (κ3) is 6.42. The number of thioether (sulfide) groups is 1. The zero-order valence-corrected chi connectivity index (χ0v) is 14.2. The maximum absolute atomic E-state index is 12.8. The summed E-state index contributed by atoms with van der Waals surface area (Å²) in [6, 6.07) is 12.5. The van der Waals surface area contributed by atoms with Crippen molar-refractivity contribution in [1.82, 2.24) is 5.32 Å². The van der Waals surface area contributed by atoms with Crippen LogP contribution in [0.2, 0.25) is 0 Å². The van der Waals surface area contributed by atoms with Crippen molar-refractivity contribution in [3.8, 4) is 0 Å². The second kappa shape index (κ2) is 9.63. The Bertz CT molecular complexity index is 725. The van der Waals surface area contributed by atoms with E-state index in [0.29, 0.717) is 31.0 Å². The molecule has 6 nitrogen and oxygen atoms in total. The molecule has 2 rings (SSSR count). The minimum atomic E-state index is -0.451. The predicted octanol–water partition coefficient (Wildman–Crippen LogP) is 3.44. The van der Waals surface area contributed by atoms with Gasteiger partial charge in [-0.05, 0) is 30.3 Å². The normalized spacial score (nSPS) is 10.3. The van der Waals surface area contributed by atoms with Gasteiger partial charge in [-0.1, -0.05) is 12.1 Å². The van der Waals surface area contributed by atoms with Crippen LogP contribution in [0.5, 0.6) is 0 Å². The largest absolute Gasteiger partial charge is 0.378 e. The highest BCUT2D eigenvalue weighted by Crippen LogP contribution is 2.22. The van der Waals surface area contributed by atoms with Crippen molar-refractivity contribution < 1.29 is 14.1 Å². The number of nitrogens with one attached hydrogen (secondary N) is 2. The van der Waals surface area contributed by atoms with Crippen molar-refractivity contribution >= 4 is 29.0 Å². The molecule has 0 atom stereocenters. The molecule has 2 aromatic rings. The van der Waals surface area contributed by atoms with Crippen molar-refractivity contribution in [2.45, 2.75) is 11.3 Å². The number of halogens is 1. The Kier molecular flexibility index (Phi) is 7.21. The molecule has 25 heavy (non-hydrogen) atoms. The number of benzene rings is 2. The Hall–Kier alpha value is -2.61. The lowest BCUT2D eigenvalue weighted by molar-refractivity contribution is -0.384. The van der Waals surface area contributed by atoms with E-state index in [9.17, 15) is 19.3 Å². The molecule has 0 saturated heterocycles. The fraction of sp³-hybridized carbons (Fsp3) is 0.235. The van der Waals surface area contributed by atoms with Gasteiger partial charge in [0.25, 0.3) is 5.69 Å². The highest BCUT2D eigenvalue weighted by atomic mass is 32.2. The monoisotopic (exact) mass is 363 g/mol. The van der Waals surface area contributed by atoms with E-state index in [2.05, 4.69) is 10.6 Å². The molecule has 0 saturated carbocycles. The van der Waals surface area contributed by atoms with Crippen molar-refractivity contribution in [2.24, 2.45) is 0 Å². The number of hydrogen-bond acceptors (Lipinski definition) is 5. The zero-order valence-electron chi connectivity index (χ0n) is 13.4. The Morgan fingerprint density at radius 2 is 1.84 bits per heavy atom. The van der Waals surface area contributed by atoms with E-state index in [-0.39, 0.29) is 17.4 Å². The lowest BCUT2D eigenvalue weighted by atomic mass is 10.2. The number of nitrogens with zero attached hydrogens (tertiary/aromatic N) is 1. The van der Waals surface area contributed by atoms with Crippen molar-refractivity contribution in [1.29, 1.82) is 0 Å². The molecule has 0 aliphatic heterocycles. The molecule has 0 spiro atoms. The first-order valence-corrected chi connectivity index (χ1v) is 8.67. The fourth-order valence-corrected chi connectivity index (χ4v) is 2.91. The van der Waals surface area contributed by atoms with Gasteiger partial charge in [0.05, 0.1) is 4.92 Å². The summed E-state index contributed by atoms with van der Waals surface area (Å²) in [6.45, 7) is 0.758. The van der Waals surface area contributed by atoms with Crippen LogP contribution in [-0.2, 0) is 4.79 Å². The Balaban J connectivity index is 1.64. The van der Waals surface area contributed by atoms with Gasteiger partial charge < -0.3 is 10.6 Å². The summed E-state index contributed by atoms with van der Waals surface area (Å²) in [7, 11) is 0. The summed E-state index contributed by atoms with van der Waals surface area (Å²) in [6.07, 6.45) is 0.341. The summed E-state index contributed by atoms with van der Waals surface area (Å²) in [5.74, 6) is 0.210. The first-order valence-electron chi connectivity index (χ1n) is 7.68. The molecule has 0 heterocycles. The Morgan fingerprint density at radius 3 is 2.56 bits per heavy atom. The predicted molar refractivity (Wildman–Crippen MR) is 96.3 cm³/mol. The molecule has 2 aromatic carbocycles. The van der Waals surface area contributed by atoms with Gasteiger partial charge in [0.1, 0.15) is 11.5 Å². The molecule has 1 amide bonds. The molecule has 0 fully saturated rings. The molecule has 0 aromatic heterocycles. The van der Waals surface area contributed by atoms with Crippen LogP contribution in [0, 0.1) is 15.9 Å². The third-order valence-electron chi connectivity index (χ3n) is 3.27. The van der Waals surface area contributed by atoms with E-state index in [4.69, 9.17) is 0 Å². The summed E-state index contributed by atoms with van der Waals surface area (Å²) >= 11 is 1.48. The SMILES string of the molecule is O=C(CCSc1ccc(F)cc1)NCCNc1ccccc1[N+](=O)[O-]. The quantitative estimate of drug-likeness (QED) is 0.309. The number of para-hydroxylation sites is 2. The summed E-state index contributed by atoms with van der Waals surface area (Å²) in [5, 5.41) is 16.6. The van der Waals surface area contributed by atoms with Gasteiger partial charge in [0.15, 0.2) is 0 Å². The number of amides is 1. The Morgan fingerprint density at radius 1 is 1.12 bits per heavy atom. The number of nitro groups is 1. The van der Waals surface area contributed by atoms with Crippen LogP contribution in [0.15, 0.2) is 53.4 Å². The maximum atomic E-state index is 12.8. The lowest BCUT2D eigenvalue weighted by Crippen LogP contribution is -2.29. The molecule has 0 aliphatic carbocycles. The molecule has 0 unspecified atom stereocenters. The van der Waals surface area contributed by atoms with Crippen LogP contribution in [-0.4, -0.2) is 29.7 Å². The van der Waals surface area contributed by atoms with Gasteiger partial charge in [-0.25, -0.2) is 4.39 Å². The molecule has 0 aliphatic rings. The second-order valence-electron chi connectivity index (χ2n) is 5.10. The fourth-order valence-electron chi connectivity index (χ4n) is 2.06. The standard InChI is InChI=1S/C17H18FN3O3S/c18-13-5-7-14(8-6-13)25-12-9-17(22)20-11-10-19-15-3-1-2-4-16(15)21(23)24/h1-8,19H,9-12H2,(H,20,22). The molecule has 2 N–H and O–H groups in total. The summed E-state index contributed by atoms with van der Waals surface area (Å²) < 4.78 is 12.8. The average Bonchev–Trinajstić information content (AvgIpc) is 2.60. The maximum Gasteiger partial charge on any atom is 0.292 e. The van der Waals surface area contributed by atoms with Crippen molar-refractivity contribution in [3.05, 3.63) is 64.5 Å². The van der Waals surface area contributed by atoms with Gasteiger partial charge in [-0.15, -0.1) is 11.8 Å². The van der Waals surface area contributed by atoms with Gasteiger partial charge in [0, 0.05) is 36.2 Å². The van der Waals surface area contributed by atoms with E-state index < -0.39 is 4.92 Å². The van der Waals surface area contributed by atoms with Crippen LogP contribution in [0.1, 0.15) is 6.42 Å². The minimum Gasteiger partial charge on any atom is -0.378 e. The number of carbonyl (C=O) groups excluding carboxylic acids is 1. The summed E-state index contributed by atoms with van der Waals surface area (Å²) in [5.41, 5.74) is 0.429. The van der Waals surface area contributed by atoms with Crippen molar-refractivity contribution in [3.63, 3.8) is 0 Å². The highest BCUT2D eigenvalue weighted by Gasteiger charge is 2.11. The number of rotatable bonds is 9. The van der Waals surface area contributed by atoms with Crippen LogP contribution < -0.4 is 10.6 Å². The highest BCUT2D eigenvalue weighted by molar-refractivity contribution is 7.99. The second-order valence-corrected chi connectivity index (χ2v) is 6.27. The lowest BCUT2D eigenvalue weighted by Gasteiger charge is -2.08. The van der Waals surface area contributed by atoms with Gasteiger partial charge >= 0.3 is 0 Å². The van der Waals surface area contributed by atoms with E-state index in [1.165, 1.54) is 30.0 Å². The molecule has 132 valence electrons. The van der Waals surface area contributed by atoms with E-state index in [1.807, 2.05) is 0 Å². The minimum absolute atomic E-state index is 0.00419. The van der Waals surface area contributed by atoms with Crippen molar-refractivity contribution in [2.75, 3.05) is 24.2 Å². The number of carbonyl (C=O) groups is 1. The zero-order chi connectivity index (χ0) is 18.1. The van der Waals surface area contributed by atoms with E-state index in [0.717, 1.165) is 4.90 Å². The third-order valence-corrected chi connectivity index (χ3v) is 4.29. The topological polar surface area (TPSA) is 84.3 Å². The van der Waals surface area contributed by atoms with Gasteiger partial charge in [-0.2, -0.15) is 0 Å². The molecule has 0 bridgehead atoms. The Labute approximate surface area is 149 Å². The first kappa shape index (κ1) is 18.7. The molecule has 0 radical (unpaired) electrons. The first-order chi connectivity index (χ1) is 12.1. The van der Waals surface area contributed by atoms with Gasteiger partial charge in [0.2, 0.25) is 5.91 Å². The number of nitro benzene ring substituents is 1. The van der Waals surface area contributed by atoms with Crippen LogP contribution in [0.25, 0.3) is 0 Å². The number of anilines is 1. The van der Waals surface area contributed by atoms with Crippen LogP contribution in [0.3, 0.4) is 0 Å². The van der Waals surface area contributed by atoms with E-state index >= 15 is 0 Å². The smallest absolute Gasteiger partial charge is 0.292 e. The number of hydrogen-bond donors (Lipinski definition) is 2. The van der Waals surface area contributed by atoms with Crippen LogP contribution in [0.4, 0.5) is 15.8 Å². The molecular weight excluding hydrogens is 345 g/mol.